The lowest BCUT2D eigenvalue weighted by molar-refractivity contribution is -0.187. The van der Waals surface area contributed by atoms with Crippen LogP contribution in [0.5, 0.6) is 0 Å². The highest BCUT2D eigenvalue weighted by Crippen LogP contribution is 2.67. The molecular weight excluding hydrogens is 520 g/mol. The number of fused-ring (bicyclic) bond motifs is 5. The highest BCUT2D eigenvalue weighted by molar-refractivity contribution is 6.74. The lowest BCUT2D eigenvalue weighted by Gasteiger charge is -2.59. The molecule has 0 amide bonds. The van der Waals surface area contributed by atoms with Crippen molar-refractivity contribution in [2.45, 2.75) is 163 Å². The highest BCUT2D eigenvalue weighted by atomic mass is 28.4. The number of hydrogen-bond acceptors (Lipinski definition) is 3. The lowest BCUT2D eigenvalue weighted by atomic mass is 9.47. The molecule has 0 aromatic carbocycles. The monoisotopic (exact) mass is 586 g/mol. The van der Waals surface area contributed by atoms with Gasteiger partial charge in [0.1, 0.15) is 0 Å². The molecule has 0 saturated heterocycles. The number of rotatable bonds is 10. The molecule has 0 spiro atoms. The van der Waals surface area contributed by atoms with E-state index in [4.69, 9.17) is 13.9 Å². The van der Waals surface area contributed by atoms with E-state index in [0.29, 0.717) is 29.5 Å². The molecule has 4 aliphatic rings. The third-order valence-electron chi connectivity index (χ3n) is 13.0. The first-order valence-corrected chi connectivity index (χ1v) is 20.2. The molecule has 0 aromatic heterocycles. The molecule has 4 rings (SSSR count). The van der Waals surface area contributed by atoms with Crippen molar-refractivity contribution >= 4 is 8.32 Å². The van der Waals surface area contributed by atoms with Crippen LogP contribution in [-0.2, 0) is 13.9 Å². The van der Waals surface area contributed by atoms with Crippen LogP contribution in [0.2, 0.25) is 18.1 Å². The van der Waals surface area contributed by atoms with Crippen molar-refractivity contribution in [2.24, 2.45) is 40.4 Å². The van der Waals surface area contributed by atoms with Crippen LogP contribution in [0.3, 0.4) is 0 Å². The van der Waals surface area contributed by atoms with Crippen molar-refractivity contribution in [1.82, 2.24) is 0 Å². The van der Waals surface area contributed by atoms with E-state index in [0.717, 1.165) is 30.1 Å². The van der Waals surface area contributed by atoms with E-state index in [-0.39, 0.29) is 16.9 Å². The molecule has 3 fully saturated rings. The Hall–Kier alpha value is -0.423. The topological polar surface area (TPSA) is 27.7 Å². The SMILES string of the molecule is CCOC(C)OC(C)(C)C/C=C/[C@H](C)[C@H]1CC[C@H]2[C@@H]3CC=C4CC(O[Si](C)(C)C(C)(C)C)CC[C@]4(C)[C@H]3CC[C@]12C. The molecule has 0 N–H and O–H groups in total. The molecule has 0 aromatic rings. The van der Waals surface area contributed by atoms with E-state index in [1.165, 1.54) is 51.4 Å². The Balaban J connectivity index is 1.41. The van der Waals surface area contributed by atoms with Gasteiger partial charge >= 0.3 is 0 Å². The van der Waals surface area contributed by atoms with E-state index < -0.39 is 8.32 Å². The van der Waals surface area contributed by atoms with E-state index in [1.54, 1.807) is 5.57 Å². The number of allylic oxidation sites excluding steroid dienone is 2. The molecule has 0 bridgehead atoms. The van der Waals surface area contributed by atoms with Gasteiger partial charge in [-0.3, -0.25) is 0 Å². The van der Waals surface area contributed by atoms with Gasteiger partial charge in [-0.1, -0.05) is 65.3 Å². The normalized spacial score (nSPS) is 37.8. The first kappa shape index (κ1) is 33.5. The third-order valence-corrected chi connectivity index (χ3v) is 17.5. The van der Waals surface area contributed by atoms with E-state index >= 15 is 0 Å². The largest absolute Gasteiger partial charge is 0.414 e. The number of hydrogen-bond donors (Lipinski definition) is 0. The average Bonchev–Trinajstić information content (AvgIpc) is 3.20. The smallest absolute Gasteiger partial charge is 0.192 e. The predicted octanol–water partition coefficient (Wildman–Crippen LogP) is 10.7. The van der Waals surface area contributed by atoms with Crippen molar-refractivity contribution in [3.05, 3.63) is 23.8 Å². The summed E-state index contributed by atoms with van der Waals surface area (Å²) in [6.45, 7) is 28.9. The van der Waals surface area contributed by atoms with E-state index in [2.05, 4.69) is 86.7 Å². The molecule has 236 valence electrons. The predicted molar refractivity (Wildman–Crippen MR) is 176 cm³/mol. The fraction of sp³-hybridized carbons (Fsp3) is 0.892. The molecule has 0 heterocycles. The highest BCUT2D eigenvalue weighted by Gasteiger charge is 2.59. The molecule has 4 aliphatic carbocycles. The maximum atomic E-state index is 6.96. The fourth-order valence-corrected chi connectivity index (χ4v) is 11.1. The standard InChI is InChI=1S/C37H66O3Si/c1-13-38-27(3)39-35(7,8)22-14-15-26(2)31-18-19-32-30-17-16-28-25-29(40-41(11,12)34(4,5)6)20-23-36(28,9)33(30)21-24-37(31,32)10/h14-16,26-27,29-33H,13,17-25H2,1-12H3/b15-14+/t26-,27?,29?,30-,31+,32-,33-,36-,37+/m0/s1. The van der Waals surface area contributed by atoms with Crippen molar-refractivity contribution < 1.29 is 13.9 Å². The van der Waals surface area contributed by atoms with Crippen LogP contribution in [0.4, 0.5) is 0 Å². The first-order chi connectivity index (χ1) is 18.9. The zero-order valence-electron chi connectivity index (χ0n) is 29.1. The van der Waals surface area contributed by atoms with Crippen LogP contribution in [0.15, 0.2) is 23.8 Å². The van der Waals surface area contributed by atoms with Gasteiger partial charge in [0, 0.05) is 12.7 Å². The second-order valence-corrected chi connectivity index (χ2v) is 21.9. The summed E-state index contributed by atoms with van der Waals surface area (Å²) in [6, 6.07) is 0. The summed E-state index contributed by atoms with van der Waals surface area (Å²) in [5.41, 5.74) is 2.42. The van der Waals surface area contributed by atoms with Crippen LogP contribution < -0.4 is 0 Å². The zero-order valence-corrected chi connectivity index (χ0v) is 30.1. The van der Waals surface area contributed by atoms with Crippen LogP contribution >= 0.6 is 0 Å². The molecule has 3 nitrogen and oxygen atoms in total. The van der Waals surface area contributed by atoms with Crippen molar-refractivity contribution in [2.75, 3.05) is 6.61 Å². The zero-order chi connectivity index (χ0) is 30.4. The number of ether oxygens (including phenoxy) is 2. The van der Waals surface area contributed by atoms with E-state index in [9.17, 15) is 0 Å². The van der Waals surface area contributed by atoms with Gasteiger partial charge in [0.05, 0.1) is 5.60 Å². The molecule has 3 saturated carbocycles. The summed E-state index contributed by atoms with van der Waals surface area (Å²) in [5, 5.41) is 0.283. The summed E-state index contributed by atoms with van der Waals surface area (Å²) in [5.74, 6) is 4.03. The van der Waals surface area contributed by atoms with Gasteiger partial charge in [0.2, 0.25) is 0 Å². The Morgan fingerprint density at radius 3 is 2.37 bits per heavy atom. The molecule has 4 heteroatoms. The lowest BCUT2D eigenvalue weighted by Crippen LogP contribution is -2.52. The second-order valence-electron chi connectivity index (χ2n) is 17.1. The molecule has 2 unspecified atom stereocenters. The Morgan fingerprint density at radius 1 is 1.00 bits per heavy atom. The van der Waals surface area contributed by atoms with Gasteiger partial charge in [-0.05, 0) is 144 Å². The third kappa shape index (κ3) is 6.81. The summed E-state index contributed by atoms with van der Waals surface area (Å²) in [6.07, 6.45) is 19.6. The molecular formula is C37H66O3Si. The summed E-state index contributed by atoms with van der Waals surface area (Å²) >= 11 is 0. The quantitative estimate of drug-likeness (QED) is 0.145. The van der Waals surface area contributed by atoms with Gasteiger partial charge < -0.3 is 13.9 Å². The van der Waals surface area contributed by atoms with Crippen molar-refractivity contribution in [3.8, 4) is 0 Å². The van der Waals surface area contributed by atoms with Crippen LogP contribution in [-0.4, -0.2) is 32.9 Å². The van der Waals surface area contributed by atoms with Gasteiger partial charge in [-0.25, -0.2) is 0 Å². The molecule has 9 atom stereocenters. The van der Waals surface area contributed by atoms with Gasteiger partial charge in [-0.2, -0.15) is 0 Å². The average molecular weight is 587 g/mol. The molecule has 0 radical (unpaired) electrons. The minimum atomic E-state index is -1.73. The molecule has 41 heavy (non-hydrogen) atoms. The van der Waals surface area contributed by atoms with Crippen LogP contribution in [0.1, 0.15) is 127 Å². The summed E-state index contributed by atoms with van der Waals surface area (Å²) in [4.78, 5) is 0. The maximum Gasteiger partial charge on any atom is 0.192 e. The van der Waals surface area contributed by atoms with E-state index in [1.807, 2.05) is 13.8 Å². The Bertz CT molecular complexity index is 960. The van der Waals surface area contributed by atoms with Crippen LogP contribution in [0.25, 0.3) is 0 Å². The van der Waals surface area contributed by atoms with Gasteiger partial charge in [0.25, 0.3) is 0 Å². The minimum absolute atomic E-state index is 0.155. The fourth-order valence-electron chi connectivity index (χ4n) is 9.69. The Morgan fingerprint density at radius 2 is 1.71 bits per heavy atom. The Labute approximate surface area is 255 Å². The van der Waals surface area contributed by atoms with Gasteiger partial charge in [-0.15, -0.1) is 0 Å². The Kier molecular flexibility index (Phi) is 9.93. The first-order valence-electron chi connectivity index (χ1n) is 17.3. The van der Waals surface area contributed by atoms with Crippen molar-refractivity contribution in [1.29, 1.82) is 0 Å². The molecule has 0 aliphatic heterocycles. The summed E-state index contributed by atoms with van der Waals surface area (Å²) < 4.78 is 18.7. The second kappa shape index (κ2) is 12.2. The minimum Gasteiger partial charge on any atom is -0.414 e. The maximum absolute atomic E-state index is 6.96. The van der Waals surface area contributed by atoms with Gasteiger partial charge in [0.15, 0.2) is 14.6 Å². The van der Waals surface area contributed by atoms with Crippen LogP contribution in [0, 0.1) is 40.4 Å². The van der Waals surface area contributed by atoms with Crippen molar-refractivity contribution in [3.63, 3.8) is 0 Å². The summed E-state index contributed by atoms with van der Waals surface area (Å²) in [7, 11) is -1.73.